The van der Waals surface area contributed by atoms with Gasteiger partial charge in [-0.15, -0.1) is 0 Å². The number of nitrogens with one attached hydrogen (secondary N) is 2. The van der Waals surface area contributed by atoms with Gasteiger partial charge in [-0.1, -0.05) is 0 Å². The van der Waals surface area contributed by atoms with Crippen LogP contribution in [0, 0.1) is 0 Å². The lowest BCUT2D eigenvalue weighted by Gasteiger charge is -2.30. The predicted molar refractivity (Wildman–Crippen MR) is 60.6 cm³/mol. The highest BCUT2D eigenvalue weighted by molar-refractivity contribution is 5.27. The zero-order chi connectivity index (χ0) is 10.8. The van der Waals surface area contributed by atoms with Crippen LogP contribution < -0.4 is 5.32 Å². The number of aromatic amines is 1. The minimum Gasteiger partial charge on any atom is -0.314 e. The van der Waals surface area contributed by atoms with Crippen molar-refractivity contribution in [2.75, 3.05) is 13.6 Å². The number of hydrogen-bond donors (Lipinski definition) is 2. The van der Waals surface area contributed by atoms with Crippen molar-refractivity contribution in [2.45, 2.75) is 39.4 Å². The number of hydrogen-bond acceptors (Lipinski definition) is 3. The van der Waals surface area contributed by atoms with Crippen molar-refractivity contribution in [3.63, 3.8) is 0 Å². The first-order valence-corrected chi connectivity index (χ1v) is 5.66. The molecule has 0 amide bonds. The largest absolute Gasteiger partial charge is 0.314 e. The molecule has 0 fully saturated rings. The third kappa shape index (κ3) is 2.06. The molecule has 4 nitrogen and oxygen atoms in total. The minimum absolute atomic E-state index is 0.621. The molecule has 1 aromatic heterocycles. The zero-order valence-electron chi connectivity index (χ0n) is 9.80. The third-order valence-electron chi connectivity index (χ3n) is 3.12. The Balaban J connectivity index is 2.18. The van der Waals surface area contributed by atoms with Crippen molar-refractivity contribution < 1.29 is 0 Å². The lowest BCUT2D eigenvalue weighted by Crippen LogP contribution is -2.36. The fourth-order valence-corrected chi connectivity index (χ4v) is 2.13. The molecule has 0 atom stereocenters. The Bertz CT molecular complexity index is 329. The Morgan fingerprint density at radius 1 is 1.53 bits per heavy atom. The van der Waals surface area contributed by atoms with E-state index >= 15 is 0 Å². The highest BCUT2D eigenvalue weighted by atomic mass is 15.2. The van der Waals surface area contributed by atoms with Crippen LogP contribution in [0.2, 0.25) is 0 Å². The Morgan fingerprint density at radius 2 is 2.33 bits per heavy atom. The van der Waals surface area contributed by atoms with E-state index in [0.717, 1.165) is 26.1 Å². The van der Waals surface area contributed by atoms with Crippen LogP contribution in [-0.2, 0) is 19.5 Å². The Hall–Kier alpha value is -0.870. The fourth-order valence-electron chi connectivity index (χ4n) is 2.13. The smallest absolute Gasteiger partial charge is 0.0807 e. The molecular formula is C11H20N4. The molecule has 4 heteroatoms. The van der Waals surface area contributed by atoms with E-state index in [1.807, 2.05) is 7.05 Å². The number of fused-ring (bicyclic) bond motifs is 1. The van der Waals surface area contributed by atoms with Gasteiger partial charge in [0.2, 0.25) is 0 Å². The second-order valence-electron chi connectivity index (χ2n) is 4.47. The fraction of sp³-hybridized carbons (Fsp3) is 0.727. The van der Waals surface area contributed by atoms with E-state index < -0.39 is 0 Å². The van der Waals surface area contributed by atoms with Gasteiger partial charge in [-0.3, -0.25) is 10.00 Å². The molecule has 0 aromatic carbocycles. The first-order chi connectivity index (χ1) is 7.22. The van der Waals surface area contributed by atoms with Crippen LogP contribution in [0.1, 0.15) is 30.8 Å². The first-order valence-electron chi connectivity index (χ1n) is 5.66. The molecule has 0 spiro atoms. The monoisotopic (exact) mass is 208 g/mol. The highest BCUT2D eigenvalue weighted by Crippen LogP contribution is 2.21. The quantitative estimate of drug-likeness (QED) is 0.775. The van der Waals surface area contributed by atoms with Crippen molar-refractivity contribution in [1.29, 1.82) is 0 Å². The summed E-state index contributed by atoms with van der Waals surface area (Å²) in [6.45, 7) is 7.55. The summed E-state index contributed by atoms with van der Waals surface area (Å²) in [6, 6.07) is 0.621. The Morgan fingerprint density at radius 3 is 3.00 bits per heavy atom. The lowest BCUT2D eigenvalue weighted by atomic mass is 10.0. The van der Waals surface area contributed by atoms with Gasteiger partial charge in [-0.2, -0.15) is 5.10 Å². The van der Waals surface area contributed by atoms with Crippen LogP contribution in [0.15, 0.2) is 0 Å². The van der Waals surface area contributed by atoms with E-state index in [1.54, 1.807) is 0 Å². The normalized spacial score (nSPS) is 17.1. The third-order valence-corrected chi connectivity index (χ3v) is 3.12. The van der Waals surface area contributed by atoms with E-state index in [2.05, 4.69) is 34.3 Å². The maximum Gasteiger partial charge on any atom is 0.0807 e. The first kappa shape index (κ1) is 10.6. The van der Waals surface area contributed by atoms with Gasteiger partial charge in [0, 0.05) is 43.4 Å². The maximum atomic E-state index is 4.37. The van der Waals surface area contributed by atoms with Crippen LogP contribution in [0.25, 0.3) is 0 Å². The van der Waals surface area contributed by atoms with Gasteiger partial charge in [0.25, 0.3) is 0 Å². The van der Waals surface area contributed by atoms with Crippen molar-refractivity contribution in [2.24, 2.45) is 0 Å². The summed E-state index contributed by atoms with van der Waals surface area (Å²) in [6.07, 6.45) is 1.10. The SMILES string of the molecule is CNCc1n[nH]c2c1CN(C(C)C)CC2. The average Bonchev–Trinajstić information content (AvgIpc) is 2.61. The summed E-state index contributed by atoms with van der Waals surface area (Å²) in [4.78, 5) is 2.50. The summed E-state index contributed by atoms with van der Waals surface area (Å²) in [5.41, 5.74) is 3.92. The van der Waals surface area contributed by atoms with Crippen molar-refractivity contribution >= 4 is 0 Å². The maximum absolute atomic E-state index is 4.37. The molecule has 2 rings (SSSR count). The van der Waals surface area contributed by atoms with Crippen molar-refractivity contribution in [3.05, 3.63) is 17.0 Å². The van der Waals surface area contributed by atoms with Crippen LogP contribution in [0.5, 0.6) is 0 Å². The molecule has 0 aliphatic carbocycles. The van der Waals surface area contributed by atoms with Gasteiger partial charge in [0.05, 0.1) is 5.69 Å². The van der Waals surface area contributed by atoms with Crippen LogP contribution in [0.4, 0.5) is 0 Å². The van der Waals surface area contributed by atoms with Gasteiger partial charge in [0.1, 0.15) is 0 Å². The summed E-state index contributed by atoms with van der Waals surface area (Å²) in [7, 11) is 1.96. The lowest BCUT2D eigenvalue weighted by molar-refractivity contribution is 0.202. The van der Waals surface area contributed by atoms with Crippen LogP contribution >= 0.6 is 0 Å². The van der Waals surface area contributed by atoms with Gasteiger partial charge in [0.15, 0.2) is 0 Å². The van der Waals surface area contributed by atoms with Crippen molar-refractivity contribution in [3.8, 4) is 0 Å². The second kappa shape index (κ2) is 4.33. The molecule has 0 saturated carbocycles. The molecule has 0 saturated heterocycles. The second-order valence-corrected chi connectivity index (χ2v) is 4.47. The molecule has 2 heterocycles. The van der Waals surface area contributed by atoms with Gasteiger partial charge < -0.3 is 5.32 Å². The summed E-state index contributed by atoms with van der Waals surface area (Å²) < 4.78 is 0. The Kier molecular flexibility index (Phi) is 3.07. The molecule has 1 aliphatic heterocycles. The molecule has 0 bridgehead atoms. The van der Waals surface area contributed by atoms with E-state index in [1.165, 1.54) is 17.0 Å². The van der Waals surface area contributed by atoms with Crippen LogP contribution in [-0.4, -0.2) is 34.7 Å². The number of H-pyrrole nitrogens is 1. The van der Waals surface area contributed by atoms with Gasteiger partial charge in [-0.05, 0) is 20.9 Å². The minimum atomic E-state index is 0.621. The molecule has 15 heavy (non-hydrogen) atoms. The Labute approximate surface area is 91.1 Å². The summed E-state index contributed by atoms with van der Waals surface area (Å²) in [5, 5.41) is 10.7. The average molecular weight is 208 g/mol. The number of rotatable bonds is 3. The topological polar surface area (TPSA) is 44.0 Å². The van der Waals surface area contributed by atoms with E-state index in [4.69, 9.17) is 0 Å². The number of aromatic nitrogens is 2. The highest BCUT2D eigenvalue weighted by Gasteiger charge is 2.22. The van der Waals surface area contributed by atoms with Gasteiger partial charge in [-0.25, -0.2) is 0 Å². The number of nitrogens with zero attached hydrogens (tertiary/aromatic N) is 2. The molecule has 84 valence electrons. The molecule has 2 N–H and O–H groups in total. The molecule has 0 radical (unpaired) electrons. The van der Waals surface area contributed by atoms with Crippen molar-refractivity contribution in [1.82, 2.24) is 20.4 Å². The molecule has 0 unspecified atom stereocenters. The standard InChI is InChI=1S/C11H20N4/c1-8(2)15-5-4-10-9(7-15)11(6-12-3)14-13-10/h8,12H,4-7H2,1-3H3,(H,13,14). The molecule has 1 aromatic rings. The molecule has 1 aliphatic rings. The summed E-state index contributed by atoms with van der Waals surface area (Å²) >= 11 is 0. The van der Waals surface area contributed by atoms with E-state index in [-0.39, 0.29) is 0 Å². The summed E-state index contributed by atoms with van der Waals surface area (Å²) in [5.74, 6) is 0. The van der Waals surface area contributed by atoms with E-state index in [0.29, 0.717) is 6.04 Å². The van der Waals surface area contributed by atoms with Crippen LogP contribution in [0.3, 0.4) is 0 Å². The predicted octanol–water partition coefficient (Wildman–Crippen LogP) is 0.896. The molecular weight excluding hydrogens is 188 g/mol. The zero-order valence-corrected chi connectivity index (χ0v) is 9.80. The van der Waals surface area contributed by atoms with E-state index in [9.17, 15) is 0 Å². The van der Waals surface area contributed by atoms with Gasteiger partial charge >= 0.3 is 0 Å².